The van der Waals surface area contributed by atoms with Crippen molar-refractivity contribution in [3.05, 3.63) is 89.5 Å². The normalized spacial score (nSPS) is 16.5. The van der Waals surface area contributed by atoms with Crippen LogP contribution in [0.3, 0.4) is 0 Å². The van der Waals surface area contributed by atoms with Crippen LogP contribution in [0.5, 0.6) is 11.5 Å². The van der Waals surface area contributed by atoms with Crippen LogP contribution in [0.4, 0.5) is 0 Å². The van der Waals surface area contributed by atoms with Crippen molar-refractivity contribution in [2.24, 2.45) is 5.92 Å². The zero-order chi connectivity index (χ0) is 22.6. The number of nitrogens with zero attached hydrogens (tertiary/aromatic N) is 1. The largest absolute Gasteiger partial charge is 0.457 e. The fourth-order valence-electron chi connectivity index (χ4n) is 4.96. The maximum Gasteiger partial charge on any atom is 0.232 e. The summed E-state index contributed by atoms with van der Waals surface area (Å²) in [4.78, 5) is 17.3. The highest BCUT2D eigenvalue weighted by Crippen LogP contribution is 2.43. The van der Waals surface area contributed by atoms with Crippen molar-refractivity contribution in [1.29, 1.82) is 0 Å². The van der Waals surface area contributed by atoms with Gasteiger partial charge >= 0.3 is 0 Å². The maximum atomic E-state index is 13.4. The minimum absolute atomic E-state index is 0.0644. The monoisotopic (exact) mass is 458 g/mol. The first-order valence-corrected chi connectivity index (χ1v) is 12.9. The van der Waals surface area contributed by atoms with Gasteiger partial charge in [0.1, 0.15) is 11.5 Å². The van der Waals surface area contributed by atoms with Crippen LogP contribution >= 0.6 is 11.8 Å². The Morgan fingerprint density at radius 2 is 1.55 bits per heavy atom. The molecule has 0 saturated carbocycles. The summed E-state index contributed by atoms with van der Waals surface area (Å²) >= 11 is 1.82. The number of rotatable bonds is 6. The van der Waals surface area contributed by atoms with Crippen molar-refractivity contribution in [2.45, 2.75) is 30.2 Å². The molecule has 0 aliphatic carbocycles. The molecule has 0 atom stereocenters. The van der Waals surface area contributed by atoms with Gasteiger partial charge in [0, 0.05) is 29.1 Å². The molecule has 1 amide bonds. The Bertz CT molecular complexity index is 1080. The Kier molecular flexibility index (Phi) is 6.70. The SMILES string of the molecule is CSc1ccccc1CN1CCC(CNC(=O)C2c3ccccc3Oc3ccccc32)CC1. The second kappa shape index (κ2) is 10.0. The molecule has 33 heavy (non-hydrogen) atoms. The minimum Gasteiger partial charge on any atom is -0.457 e. The summed E-state index contributed by atoms with van der Waals surface area (Å²) in [5, 5.41) is 3.27. The summed E-state index contributed by atoms with van der Waals surface area (Å²) in [6, 6.07) is 24.4. The molecule has 1 N–H and O–H groups in total. The summed E-state index contributed by atoms with van der Waals surface area (Å²) in [6.45, 7) is 3.89. The second-order valence-electron chi connectivity index (χ2n) is 8.89. The average molecular weight is 459 g/mol. The zero-order valence-electron chi connectivity index (χ0n) is 19.0. The number of ether oxygens (including phenoxy) is 1. The molecule has 0 bridgehead atoms. The number of piperidine rings is 1. The van der Waals surface area contributed by atoms with E-state index in [1.54, 1.807) is 0 Å². The zero-order valence-corrected chi connectivity index (χ0v) is 19.8. The fourth-order valence-corrected chi connectivity index (χ4v) is 5.57. The van der Waals surface area contributed by atoms with Crippen molar-refractivity contribution in [2.75, 3.05) is 25.9 Å². The van der Waals surface area contributed by atoms with E-state index in [1.807, 2.05) is 60.3 Å². The van der Waals surface area contributed by atoms with Crippen molar-refractivity contribution in [3.8, 4) is 11.5 Å². The molecular weight excluding hydrogens is 428 g/mol. The average Bonchev–Trinajstić information content (AvgIpc) is 2.87. The maximum absolute atomic E-state index is 13.4. The lowest BCUT2D eigenvalue weighted by molar-refractivity contribution is -0.122. The molecule has 3 aromatic carbocycles. The van der Waals surface area contributed by atoms with Gasteiger partial charge in [-0.1, -0.05) is 54.6 Å². The summed E-state index contributed by atoms with van der Waals surface area (Å²) < 4.78 is 6.04. The van der Waals surface area contributed by atoms with Gasteiger partial charge in [-0.15, -0.1) is 11.8 Å². The third-order valence-corrected chi connectivity index (χ3v) is 7.64. The molecule has 0 unspecified atom stereocenters. The number of para-hydroxylation sites is 2. The number of fused-ring (bicyclic) bond motifs is 2. The molecule has 5 heteroatoms. The number of hydrogen-bond acceptors (Lipinski definition) is 4. The Morgan fingerprint density at radius 1 is 0.939 bits per heavy atom. The molecule has 2 heterocycles. The van der Waals surface area contributed by atoms with Crippen LogP contribution in [0.25, 0.3) is 0 Å². The summed E-state index contributed by atoms with van der Waals surface area (Å²) in [5.41, 5.74) is 3.29. The first-order chi connectivity index (χ1) is 16.2. The van der Waals surface area contributed by atoms with Crippen LogP contribution in [0.15, 0.2) is 77.7 Å². The van der Waals surface area contributed by atoms with Gasteiger partial charge in [0.05, 0.1) is 5.92 Å². The van der Waals surface area contributed by atoms with E-state index in [1.165, 1.54) is 10.5 Å². The third-order valence-electron chi connectivity index (χ3n) is 6.80. The molecule has 0 aromatic heterocycles. The standard InChI is InChI=1S/C28H30N2O2S/c1-33-26-13-7-2-8-21(26)19-30-16-14-20(15-17-30)18-29-28(31)27-22-9-3-5-11-24(22)32-25-12-6-4-10-23(25)27/h2-13,20,27H,14-19H2,1H3,(H,29,31). The summed E-state index contributed by atoms with van der Waals surface area (Å²) in [7, 11) is 0. The van der Waals surface area contributed by atoms with E-state index in [2.05, 4.69) is 40.7 Å². The quantitative estimate of drug-likeness (QED) is 0.483. The van der Waals surface area contributed by atoms with Crippen LogP contribution in [0.2, 0.25) is 0 Å². The van der Waals surface area contributed by atoms with Crippen LogP contribution in [-0.2, 0) is 11.3 Å². The van der Waals surface area contributed by atoms with E-state index in [9.17, 15) is 4.79 Å². The number of nitrogens with one attached hydrogen (secondary N) is 1. The fraction of sp³-hybridized carbons (Fsp3) is 0.321. The number of amides is 1. The van der Waals surface area contributed by atoms with E-state index in [-0.39, 0.29) is 11.8 Å². The van der Waals surface area contributed by atoms with Crippen molar-refractivity contribution in [3.63, 3.8) is 0 Å². The third kappa shape index (κ3) is 4.80. The molecule has 2 aliphatic heterocycles. The van der Waals surface area contributed by atoms with Gasteiger partial charge in [0.2, 0.25) is 5.91 Å². The topological polar surface area (TPSA) is 41.6 Å². The predicted octanol–water partition coefficient (Wildman–Crippen LogP) is 5.67. The minimum atomic E-state index is -0.325. The van der Waals surface area contributed by atoms with Crippen molar-refractivity contribution >= 4 is 17.7 Å². The highest BCUT2D eigenvalue weighted by molar-refractivity contribution is 7.98. The Morgan fingerprint density at radius 3 is 2.21 bits per heavy atom. The first kappa shape index (κ1) is 22.1. The summed E-state index contributed by atoms with van der Waals surface area (Å²) in [6.07, 6.45) is 4.37. The highest BCUT2D eigenvalue weighted by Gasteiger charge is 2.32. The second-order valence-corrected chi connectivity index (χ2v) is 9.74. The molecule has 3 aromatic rings. The van der Waals surface area contributed by atoms with E-state index in [0.717, 1.165) is 61.6 Å². The smallest absolute Gasteiger partial charge is 0.232 e. The van der Waals surface area contributed by atoms with E-state index < -0.39 is 0 Å². The van der Waals surface area contributed by atoms with Crippen LogP contribution in [0.1, 0.15) is 35.4 Å². The van der Waals surface area contributed by atoms with Gasteiger partial charge in [-0.05, 0) is 61.9 Å². The van der Waals surface area contributed by atoms with Crippen LogP contribution < -0.4 is 10.1 Å². The molecule has 1 fully saturated rings. The molecule has 0 spiro atoms. The number of carbonyl (C=O) groups is 1. The van der Waals surface area contributed by atoms with Gasteiger partial charge in [-0.25, -0.2) is 0 Å². The lowest BCUT2D eigenvalue weighted by atomic mass is 9.87. The highest BCUT2D eigenvalue weighted by atomic mass is 32.2. The van der Waals surface area contributed by atoms with Gasteiger partial charge in [0.15, 0.2) is 0 Å². The summed E-state index contributed by atoms with van der Waals surface area (Å²) in [5.74, 6) is 1.81. The lowest BCUT2D eigenvalue weighted by Crippen LogP contribution is -2.40. The van der Waals surface area contributed by atoms with Crippen molar-refractivity contribution < 1.29 is 9.53 Å². The molecule has 0 radical (unpaired) electrons. The number of carbonyl (C=O) groups excluding carboxylic acids is 1. The number of likely N-dealkylation sites (tertiary alicyclic amines) is 1. The van der Waals surface area contributed by atoms with Gasteiger partial charge in [-0.2, -0.15) is 0 Å². The molecular formula is C28H30N2O2S. The molecule has 170 valence electrons. The molecule has 2 aliphatic rings. The van der Waals surface area contributed by atoms with Crippen molar-refractivity contribution in [1.82, 2.24) is 10.2 Å². The van der Waals surface area contributed by atoms with Crippen LogP contribution in [-0.4, -0.2) is 36.7 Å². The lowest BCUT2D eigenvalue weighted by Gasteiger charge is -2.33. The number of hydrogen-bond donors (Lipinski definition) is 1. The van der Waals surface area contributed by atoms with E-state index in [4.69, 9.17) is 4.74 Å². The molecule has 1 saturated heterocycles. The molecule has 4 nitrogen and oxygen atoms in total. The van der Waals surface area contributed by atoms with Gasteiger partial charge in [-0.3, -0.25) is 9.69 Å². The number of benzene rings is 3. The Labute approximate surface area is 200 Å². The van der Waals surface area contributed by atoms with Crippen LogP contribution in [0, 0.1) is 5.92 Å². The molecule has 5 rings (SSSR count). The van der Waals surface area contributed by atoms with E-state index >= 15 is 0 Å². The number of thioether (sulfide) groups is 1. The van der Waals surface area contributed by atoms with Gasteiger partial charge < -0.3 is 10.1 Å². The Hall–Kier alpha value is -2.76. The first-order valence-electron chi connectivity index (χ1n) is 11.7. The van der Waals surface area contributed by atoms with E-state index in [0.29, 0.717) is 5.92 Å². The van der Waals surface area contributed by atoms with Gasteiger partial charge in [0.25, 0.3) is 0 Å². The Balaban J connectivity index is 1.19. The predicted molar refractivity (Wildman–Crippen MR) is 134 cm³/mol.